The molecule has 4 nitrogen and oxygen atoms in total. The largest absolute Gasteiger partial charge is 0.430 e. The van der Waals surface area contributed by atoms with E-state index in [0.29, 0.717) is 33.7 Å². The van der Waals surface area contributed by atoms with Crippen molar-refractivity contribution >= 4 is 27.6 Å². The van der Waals surface area contributed by atoms with Gasteiger partial charge in [-0.05, 0) is 18.1 Å². The maximum Gasteiger partial charge on any atom is 0.287 e. The van der Waals surface area contributed by atoms with Gasteiger partial charge >= 0.3 is 0 Å². The Bertz CT molecular complexity index is 561. The van der Waals surface area contributed by atoms with Gasteiger partial charge in [-0.1, -0.05) is 26.7 Å². The predicted molar refractivity (Wildman–Crippen MR) is 73.8 cm³/mol. The molecule has 2 aromatic rings. The summed E-state index contributed by atoms with van der Waals surface area (Å²) in [5, 5.41) is 0.308. The van der Waals surface area contributed by atoms with Gasteiger partial charge in [0.15, 0.2) is 5.58 Å². The lowest BCUT2D eigenvalue weighted by atomic mass is 10.1. The first-order valence-corrected chi connectivity index (χ1v) is 7.50. The smallest absolute Gasteiger partial charge is 0.287 e. The van der Waals surface area contributed by atoms with Crippen LogP contribution < -0.4 is 5.73 Å². The Morgan fingerprint density at radius 3 is 2.78 bits per heavy atom. The van der Waals surface area contributed by atoms with Crippen LogP contribution in [-0.2, 0) is 10.8 Å². The summed E-state index contributed by atoms with van der Waals surface area (Å²) in [6.07, 6.45) is 2.05. The number of anilines is 1. The number of oxazole rings is 1. The maximum atomic E-state index is 12.2. The molecule has 1 atom stereocenters. The normalized spacial score (nSPS) is 13.3. The van der Waals surface area contributed by atoms with Crippen molar-refractivity contribution in [1.82, 2.24) is 4.98 Å². The molecule has 0 bridgehead atoms. The molecule has 0 saturated carbocycles. The average molecular weight is 266 g/mol. The van der Waals surface area contributed by atoms with Gasteiger partial charge in [0, 0.05) is 17.5 Å². The Hall–Kier alpha value is -1.36. The van der Waals surface area contributed by atoms with Gasteiger partial charge in [-0.3, -0.25) is 0 Å². The molecule has 5 heteroatoms. The molecule has 1 aromatic carbocycles. The van der Waals surface area contributed by atoms with Crippen LogP contribution in [0, 0.1) is 5.92 Å². The van der Waals surface area contributed by atoms with Crippen molar-refractivity contribution in [2.75, 3.05) is 11.5 Å². The van der Waals surface area contributed by atoms with Crippen LogP contribution in [0.1, 0.15) is 26.7 Å². The van der Waals surface area contributed by atoms with Gasteiger partial charge in [0.25, 0.3) is 5.22 Å². The zero-order valence-corrected chi connectivity index (χ0v) is 11.5. The van der Waals surface area contributed by atoms with E-state index in [1.54, 1.807) is 18.2 Å². The van der Waals surface area contributed by atoms with Gasteiger partial charge in [-0.2, -0.15) is 0 Å². The number of benzene rings is 1. The summed E-state index contributed by atoms with van der Waals surface area (Å²) in [6, 6.07) is 5.25. The number of hydrogen-bond acceptors (Lipinski definition) is 4. The van der Waals surface area contributed by atoms with E-state index in [0.717, 1.165) is 12.8 Å². The molecule has 0 aliphatic carbocycles. The number of hydrogen-bond donors (Lipinski definition) is 1. The quantitative estimate of drug-likeness (QED) is 0.845. The molecule has 0 saturated heterocycles. The van der Waals surface area contributed by atoms with E-state index < -0.39 is 10.8 Å². The minimum absolute atomic E-state index is 0.308. The summed E-state index contributed by atoms with van der Waals surface area (Å²) >= 11 is 0. The van der Waals surface area contributed by atoms with Crippen molar-refractivity contribution in [3.63, 3.8) is 0 Å². The van der Waals surface area contributed by atoms with Gasteiger partial charge in [0.1, 0.15) is 16.3 Å². The van der Waals surface area contributed by atoms with Crippen molar-refractivity contribution in [2.45, 2.75) is 31.9 Å². The molecule has 0 radical (unpaired) electrons. The van der Waals surface area contributed by atoms with Gasteiger partial charge in [0.05, 0.1) is 0 Å². The monoisotopic (exact) mass is 266 g/mol. The van der Waals surface area contributed by atoms with E-state index in [2.05, 4.69) is 18.8 Å². The minimum Gasteiger partial charge on any atom is -0.430 e. The predicted octanol–water partition coefficient (Wildman–Crippen LogP) is 2.95. The number of rotatable bonds is 5. The molecule has 0 amide bonds. The molecule has 2 rings (SSSR count). The zero-order valence-electron chi connectivity index (χ0n) is 10.7. The number of nitrogen functional groups attached to an aromatic ring is 1. The van der Waals surface area contributed by atoms with Crippen molar-refractivity contribution in [3.05, 3.63) is 18.2 Å². The third-order valence-electron chi connectivity index (χ3n) is 3.13. The first kappa shape index (κ1) is 13.1. The molecular weight excluding hydrogens is 248 g/mol. The van der Waals surface area contributed by atoms with Crippen LogP contribution in [0.4, 0.5) is 5.69 Å². The summed E-state index contributed by atoms with van der Waals surface area (Å²) in [4.78, 5) is 4.25. The van der Waals surface area contributed by atoms with Crippen molar-refractivity contribution in [1.29, 1.82) is 0 Å². The van der Waals surface area contributed by atoms with Crippen LogP contribution >= 0.6 is 0 Å². The van der Waals surface area contributed by atoms with E-state index in [1.165, 1.54) is 0 Å². The topological polar surface area (TPSA) is 69.1 Å². The summed E-state index contributed by atoms with van der Waals surface area (Å²) in [5.41, 5.74) is 7.60. The van der Waals surface area contributed by atoms with Crippen molar-refractivity contribution in [2.24, 2.45) is 5.92 Å². The third kappa shape index (κ3) is 2.72. The molecule has 0 aliphatic heterocycles. The SMILES string of the molecule is CCC(CC)CS(=O)c1nc2ccc(N)cc2o1. The van der Waals surface area contributed by atoms with Gasteiger partial charge in [-0.15, -0.1) is 0 Å². The Morgan fingerprint density at radius 2 is 2.11 bits per heavy atom. The first-order valence-electron chi connectivity index (χ1n) is 6.18. The molecule has 0 spiro atoms. The molecule has 0 aliphatic rings. The van der Waals surface area contributed by atoms with Crippen LogP contribution in [0.3, 0.4) is 0 Å². The first-order chi connectivity index (χ1) is 8.63. The van der Waals surface area contributed by atoms with Gasteiger partial charge in [0.2, 0.25) is 0 Å². The number of fused-ring (bicyclic) bond motifs is 1. The molecule has 1 heterocycles. The van der Waals surface area contributed by atoms with E-state index in [9.17, 15) is 4.21 Å². The van der Waals surface area contributed by atoms with Crippen LogP contribution in [0.15, 0.2) is 27.8 Å². The van der Waals surface area contributed by atoms with E-state index in [4.69, 9.17) is 10.2 Å². The van der Waals surface area contributed by atoms with Gasteiger partial charge < -0.3 is 10.2 Å². The Kier molecular flexibility index (Phi) is 4.01. The highest BCUT2D eigenvalue weighted by Gasteiger charge is 2.16. The second kappa shape index (κ2) is 5.52. The van der Waals surface area contributed by atoms with Crippen molar-refractivity contribution in [3.8, 4) is 0 Å². The van der Waals surface area contributed by atoms with E-state index in [-0.39, 0.29) is 0 Å². The highest BCUT2D eigenvalue weighted by Crippen LogP contribution is 2.21. The molecule has 1 unspecified atom stereocenters. The van der Waals surface area contributed by atoms with Crippen LogP contribution in [0.5, 0.6) is 0 Å². The molecule has 98 valence electrons. The Morgan fingerprint density at radius 1 is 1.39 bits per heavy atom. The summed E-state index contributed by atoms with van der Waals surface area (Å²) in [6.45, 7) is 4.22. The molecular formula is C13H18N2O2S. The Labute approximate surface area is 109 Å². The molecule has 1 aromatic heterocycles. The molecule has 2 N–H and O–H groups in total. The maximum absolute atomic E-state index is 12.2. The average Bonchev–Trinajstić information content (AvgIpc) is 2.78. The third-order valence-corrected chi connectivity index (χ3v) is 4.47. The van der Waals surface area contributed by atoms with Crippen LogP contribution in [-0.4, -0.2) is 14.9 Å². The zero-order chi connectivity index (χ0) is 13.1. The fourth-order valence-corrected chi connectivity index (χ4v) is 3.25. The molecule has 0 fully saturated rings. The highest BCUT2D eigenvalue weighted by atomic mass is 32.2. The Balaban J connectivity index is 2.23. The van der Waals surface area contributed by atoms with E-state index >= 15 is 0 Å². The minimum atomic E-state index is -1.17. The van der Waals surface area contributed by atoms with E-state index in [1.807, 2.05) is 0 Å². The molecule has 18 heavy (non-hydrogen) atoms. The lowest BCUT2D eigenvalue weighted by molar-refractivity contribution is 0.471. The fourth-order valence-electron chi connectivity index (χ4n) is 1.83. The van der Waals surface area contributed by atoms with Crippen LogP contribution in [0.2, 0.25) is 0 Å². The number of nitrogens with zero attached hydrogens (tertiary/aromatic N) is 1. The lowest BCUT2D eigenvalue weighted by Crippen LogP contribution is -2.09. The van der Waals surface area contributed by atoms with Crippen molar-refractivity contribution < 1.29 is 8.63 Å². The second-order valence-electron chi connectivity index (χ2n) is 4.40. The second-order valence-corrected chi connectivity index (χ2v) is 5.78. The standard InChI is InChI=1S/C13H18N2O2S/c1-3-9(4-2)8-18(16)13-15-11-6-5-10(14)7-12(11)17-13/h5-7,9H,3-4,8,14H2,1-2H3. The number of aromatic nitrogens is 1. The summed E-state index contributed by atoms with van der Waals surface area (Å²) in [5.74, 6) is 1.06. The number of nitrogens with two attached hydrogens (primary N) is 1. The van der Waals surface area contributed by atoms with Crippen LogP contribution in [0.25, 0.3) is 11.1 Å². The summed E-state index contributed by atoms with van der Waals surface area (Å²) in [7, 11) is -1.17. The summed E-state index contributed by atoms with van der Waals surface area (Å²) < 4.78 is 17.7. The van der Waals surface area contributed by atoms with Gasteiger partial charge in [-0.25, -0.2) is 9.19 Å². The lowest BCUT2D eigenvalue weighted by Gasteiger charge is -2.08. The highest BCUT2D eigenvalue weighted by molar-refractivity contribution is 7.84. The fraction of sp³-hybridized carbons (Fsp3) is 0.462.